The number of aliphatic imine (C=N–C) groups is 1. The fraction of sp³-hybridized carbons (Fsp3) is 0.389. The Kier molecular flexibility index (Phi) is 13.9. The molecule has 2 radical (unpaired) electrons. The normalized spacial score (nSPS) is 15.7. The van der Waals surface area contributed by atoms with Crippen LogP contribution < -0.4 is 0 Å². The Morgan fingerprint density at radius 2 is 1.80 bits per heavy atom. The molecule has 1 unspecified atom stereocenters. The van der Waals surface area contributed by atoms with Gasteiger partial charge < -0.3 is 5.73 Å². The first-order valence-corrected chi connectivity index (χ1v) is 16.7. The molecule has 1 N–H and O–H groups in total. The Morgan fingerprint density at radius 3 is 2.32 bits per heavy atom. The third-order valence-electron chi connectivity index (χ3n) is 2.54. The van der Waals surface area contributed by atoms with E-state index in [0.717, 1.165) is 14.0 Å². The van der Waals surface area contributed by atoms with Gasteiger partial charge in [-0.25, -0.2) is 0 Å². The van der Waals surface area contributed by atoms with Crippen LogP contribution in [0.3, 0.4) is 0 Å². The molecule has 0 saturated carbocycles. The first-order valence-electron chi connectivity index (χ1n) is 7.60. The number of nitrogens with zero attached hydrogens (tertiary/aromatic N) is 1. The van der Waals surface area contributed by atoms with Gasteiger partial charge in [-0.3, -0.25) is 4.99 Å². The van der Waals surface area contributed by atoms with E-state index in [9.17, 15) is 0 Å². The van der Waals surface area contributed by atoms with Crippen molar-refractivity contribution in [1.82, 2.24) is 0 Å². The number of fused-ring (bicyclic) bond motifs is 3. The van der Waals surface area contributed by atoms with Crippen molar-refractivity contribution in [3.05, 3.63) is 63.5 Å². The van der Waals surface area contributed by atoms with Gasteiger partial charge in [-0.15, -0.1) is 40.5 Å². The summed E-state index contributed by atoms with van der Waals surface area (Å²) in [6.07, 6.45) is 9.21. The van der Waals surface area contributed by atoms with Crippen molar-refractivity contribution in [2.75, 3.05) is 0 Å². The van der Waals surface area contributed by atoms with E-state index < -0.39 is 20.8 Å². The number of rotatable bonds is 0. The molecule has 1 atom stereocenters. The second-order valence-electron chi connectivity index (χ2n) is 6.22. The summed E-state index contributed by atoms with van der Waals surface area (Å²) >= 11 is 2.64. The summed E-state index contributed by atoms with van der Waals surface area (Å²) in [6.45, 7) is 9.87. The molecule has 25 heavy (non-hydrogen) atoms. The van der Waals surface area contributed by atoms with E-state index in [1.54, 1.807) is 0 Å². The zero-order valence-corrected chi connectivity index (χ0v) is 21.7. The van der Waals surface area contributed by atoms with Crippen LogP contribution in [0.25, 0.3) is 5.73 Å². The van der Waals surface area contributed by atoms with Crippen molar-refractivity contribution in [3.8, 4) is 0 Å². The molecular weight excluding hydrogens is 514 g/mol. The van der Waals surface area contributed by atoms with Crippen LogP contribution in [0.4, 0.5) is 0 Å². The molecular formula is C18H23BrCl2N2SiZr. The molecule has 0 amide bonds. The van der Waals surface area contributed by atoms with Crippen molar-refractivity contribution >= 4 is 48.7 Å². The van der Waals surface area contributed by atoms with Crippen LogP contribution >= 0.6 is 33.0 Å². The molecule has 2 aliphatic rings. The van der Waals surface area contributed by atoms with Crippen molar-refractivity contribution in [1.29, 1.82) is 0 Å². The summed E-state index contributed by atoms with van der Waals surface area (Å²) in [6, 6.07) is 6.30. The number of nitrogens with one attached hydrogen (secondary N) is 1. The second-order valence-corrected chi connectivity index (χ2v) is 11.9. The minimum absolute atomic E-state index is 0.250. The number of benzene rings is 1. The van der Waals surface area contributed by atoms with Crippen LogP contribution in [-0.2, 0) is 20.8 Å². The fourth-order valence-electron chi connectivity index (χ4n) is 1.87. The molecule has 134 valence electrons. The fourth-order valence-corrected chi connectivity index (χ4v) is 2.23. The summed E-state index contributed by atoms with van der Waals surface area (Å²) in [4.78, 5) is 4.16. The van der Waals surface area contributed by atoms with Crippen LogP contribution in [0.1, 0.15) is 37.8 Å². The number of halogens is 3. The molecule has 1 heterocycles. The molecule has 2 nitrogen and oxygen atoms in total. The standard InChI is InChI=1S/C12H7BrN.C4H10N.C2H6Si.2ClH.Zr/c13-10-1-2-11-9(6-10)5-8-3-4-14-7-12(8)11;1-4(2,3)5;1-3-2;;;/h1-4,6-7,12H;5H,1-3H3;1-2H3;2*1H;/q2*-1;;;;+4/p-2. The molecule has 7 heteroatoms. The van der Waals surface area contributed by atoms with Crippen LogP contribution in [0.5, 0.6) is 0 Å². The summed E-state index contributed by atoms with van der Waals surface area (Å²) < 4.78 is 1.10. The maximum absolute atomic E-state index is 6.94. The zero-order chi connectivity index (χ0) is 19.5. The first-order chi connectivity index (χ1) is 11.7. The summed E-state index contributed by atoms with van der Waals surface area (Å²) in [7, 11) is 11.0. The van der Waals surface area contributed by atoms with Crippen LogP contribution in [0.15, 0.2) is 45.5 Å². The van der Waals surface area contributed by atoms with Gasteiger partial charge in [0, 0.05) is 15.7 Å². The van der Waals surface area contributed by atoms with Crippen molar-refractivity contribution in [2.24, 2.45) is 4.99 Å². The molecule has 1 aromatic carbocycles. The van der Waals surface area contributed by atoms with E-state index in [-0.39, 0.29) is 5.54 Å². The van der Waals surface area contributed by atoms with Gasteiger partial charge >= 0.3 is 37.9 Å². The summed E-state index contributed by atoms with van der Waals surface area (Å²) in [5.74, 6) is 0.322. The van der Waals surface area contributed by atoms with Gasteiger partial charge in [0.2, 0.25) is 0 Å². The molecule has 1 aliphatic carbocycles. The second kappa shape index (κ2) is 13.6. The number of allylic oxidation sites excluding steroid dienone is 2. The van der Waals surface area contributed by atoms with E-state index in [2.05, 4.69) is 58.3 Å². The monoisotopic (exact) mass is 534 g/mol. The van der Waals surface area contributed by atoms with E-state index in [1.807, 2.05) is 39.3 Å². The van der Waals surface area contributed by atoms with Crippen LogP contribution in [0.2, 0.25) is 13.1 Å². The predicted octanol–water partition coefficient (Wildman–Crippen LogP) is 7.22. The Labute approximate surface area is 182 Å². The maximum atomic E-state index is 6.94. The molecule has 0 fully saturated rings. The predicted molar refractivity (Wildman–Crippen MR) is 114 cm³/mol. The van der Waals surface area contributed by atoms with Gasteiger partial charge in [0.1, 0.15) is 0 Å². The van der Waals surface area contributed by atoms with Gasteiger partial charge in [-0.05, 0) is 16.6 Å². The SMILES string of the molecule is Brc1ccc2c(c1)[C-]=C1C=CN=CC12.CC(C)(C)[NH-].C[Si]C.[Cl][Zr+2][Cl]. The van der Waals surface area contributed by atoms with Crippen molar-refractivity contribution in [2.45, 2.75) is 45.3 Å². The minimum atomic E-state index is -0.826. The van der Waals surface area contributed by atoms with Gasteiger partial charge in [0.25, 0.3) is 0 Å². The average Bonchev–Trinajstić information content (AvgIpc) is 2.84. The Morgan fingerprint density at radius 1 is 1.28 bits per heavy atom. The number of hydrogen-bond acceptors (Lipinski definition) is 1. The van der Waals surface area contributed by atoms with E-state index >= 15 is 0 Å². The Hall–Kier alpha value is 0.490. The Balaban J connectivity index is 0.000000441. The van der Waals surface area contributed by atoms with Gasteiger partial charge in [-0.1, -0.05) is 61.9 Å². The van der Waals surface area contributed by atoms with Crippen molar-refractivity contribution in [3.63, 3.8) is 0 Å². The topological polar surface area (TPSA) is 36.2 Å². The van der Waals surface area contributed by atoms with Crippen LogP contribution in [0, 0.1) is 6.08 Å². The molecule has 1 aromatic rings. The zero-order valence-electron chi connectivity index (χ0n) is 15.1. The van der Waals surface area contributed by atoms with Crippen molar-refractivity contribution < 1.29 is 20.8 Å². The van der Waals surface area contributed by atoms with Gasteiger partial charge in [0.15, 0.2) is 0 Å². The molecule has 0 bridgehead atoms. The van der Waals surface area contributed by atoms with Gasteiger partial charge in [-0.2, -0.15) is 0 Å². The summed E-state index contributed by atoms with van der Waals surface area (Å²) in [5.41, 5.74) is 10.4. The quantitative estimate of drug-likeness (QED) is 0.248. The molecule has 0 aromatic heterocycles. The van der Waals surface area contributed by atoms with Gasteiger partial charge in [0.05, 0.1) is 0 Å². The molecule has 0 spiro atoms. The molecule has 3 rings (SSSR count). The van der Waals surface area contributed by atoms with E-state index in [4.69, 9.17) is 22.8 Å². The first kappa shape index (κ1) is 25.5. The summed E-state index contributed by atoms with van der Waals surface area (Å²) in [5, 5.41) is 0. The van der Waals surface area contributed by atoms with Crippen LogP contribution in [-0.4, -0.2) is 21.3 Å². The molecule has 1 aliphatic heterocycles. The third-order valence-corrected chi connectivity index (χ3v) is 3.03. The average molecular weight is 538 g/mol. The van der Waals surface area contributed by atoms with E-state index in [0.29, 0.717) is 5.92 Å². The molecule has 0 saturated heterocycles. The van der Waals surface area contributed by atoms with E-state index in [1.165, 1.54) is 16.7 Å². The Bertz CT molecular complexity index is 606. The number of hydrogen-bond donors (Lipinski definition) is 0. The third kappa shape index (κ3) is 11.7.